The van der Waals surface area contributed by atoms with E-state index in [9.17, 15) is 12.8 Å². The molecular weight excluding hydrogens is 255 g/mol. The van der Waals surface area contributed by atoms with Crippen molar-refractivity contribution in [2.75, 3.05) is 5.73 Å². The minimum Gasteiger partial charge on any atom is -0.396 e. The highest BCUT2D eigenvalue weighted by Gasteiger charge is 2.17. The number of nitrogens with two attached hydrogens (primary N) is 1. The Kier molecular flexibility index (Phi) is 3.29. The molecule has 4 nitrogen and oxygen atoms in total. The van der Waals surface area contributed by atoms with Crippen LogP contribution >= 0.6 is 0 Å². The SMILES string of the molecule is Nc1ccc(S(=O)(=O)Cc2ccccn2)cc1F. The zero-order valence-electron chi connectivity index (χ0n) is 9.38. The lowest BCUT2D eigenvalue weighted by Gasteiger charge is -2.05. The molecule has 0 spiro atoms. The number of anilines is 1. The largest absolute Gasteiger partial charge is 0.396 e. The summed E-state index contributed by atoms with van der Waals surface area (Å²) in [5.74, 6) is -1.01. The first kappa shape index (κ1) is 12.5. The van der Waals surface area contributed by atoms with Crippen LogP contribution in [0, 0.1) is 5.82 Å². The van der Waals surface area contributed by atoms with Gasteiger partial charge in [0, 0.05) is 6.20 Å². The van der Waals surface area contributed by atoms with Crippen LogP contribution in [0.4, 0.5) is 10.1 Å². The van der Waals surface area contributed by atoms with Gasteiger partial charge in [0.25, 0.3) is 0 Å². The Morgan fingerprint density at radius 3 is 2.61 bits per heavy atom. The first-order valence-electron chi connectivity index (χ1n) is 5.17. The summed E-state index contributed by atoms with van der Waals surface area (Å²) in [7, 11) is -3.61. The van der Waals surface area contributed by atoms with Crippen LogP contribution in [0.1, 0.15) is 5.69 Å². The van der Waals surface area contributed by atoms with Crippen LogP contribution in [0.3, 0.4) is 0 Å². The molecule has 0 saturated carbocycles. The molecule has 0 saturated heterocycles. The first-order valence-corrected chi connectivity index (χ1v) is 6.82. The number of hydrogen-bond acceptors (Lipinski definition) is 4. The molecule has 2 N–H and O–H groups in total. The molecule has 0 aliphatic heterocycles. The second-order valence-electron chi connectivity index (χ2n) is 3.76. The molecule has 0 amide bonds. The molecule has 1 heterocycles. The van der Waals surface area contributed by atoms with Crippen molar-refractivity contribution in [3.05, 3.63) is 54.1 Å². The number of nitrogens with zero attached hydrogens (tertiary/aromatic N) is 1. The number of aromatic nitrogens is 1. The summed E-state index contributed by atoms with van der Waals surface area (Å²) in [5.41, 5.74) is 5.64. The Morgan fingerprint density at radius 2 is 2.00 bits per heavy atom. The van der Waals surface area contributed by atoms with Crippen LogP contribution in [0.5, 0.6) is 0 Å². The Hall–Kier alpha value is -1.95. The molecule has 0 atom stereocenters. The second-order valence-corrected chi connectivity index (χ2v) is 5.75. The van der Waals surface area contributed by atoms with E-state index >= 15 is 0 Å². The lowest BCUT2D eigenvalue weighted by atomic mass is 10.3. The van der Waals surface area contributed by atoms with Crippen molar-refractivity contribution < 1.29 is 12.8 Å². The van der Waals surface area contributed by atoms with Crippen molar-refractivity contribution in [2.24, 2.45) is 0 Å². The van der Waals surface area contributed by atoms with Crippen molar-refractivity contribution in [2.45, 2.75) is 10.6 Å². The van der Waals surface area contributed by atoms with E-state index in [1.54, 1.807) is 18.2 Å². The standard InChI is InChI=1S/C12H11FN2O2S/c13-11-7-10(4-5-12(11)14)18(16,17)8-9-3-1-2-6-15-9/h1-7H,8,14H2. The summed E-state index contributed by atoms with van der Waals surface area (Å²) in [6, 6.07) is 8.44. The fourth-order valence-corrected chi connectivity index (χ4v) is 2.75. The number of rotatable bonds is 3. The van der Waals surface area contributed by atoms with E-state index in [-0.39, 0.29) is 16.3 Å². The summed E-state index contributed by atoms with van der Waals surface area (Å²) >= 11 is 0. The van der Waals surface area contributed by atoms with Crippen LogP contribution in [0.2, 0.25) is 0 Å². The van der Waals surface area contributed by atoms with Gasteiger partial charge in [-0.2, -0.15) is 0 Å². The van der Waals surface area contributed by atoms with Gasteiger partial charge in [0.05, 0.1) is 22.0 Å². The fraction of sp³-hybridized carbons (Fsp3) is 0.0833. The molecule has 0 fully saturated rings. The topological polar surface area (TPSA) is 73.1 Å². The van der Waals surface area contributed by atoms with E-state index in [1.165, 1.54) is 18.3 Å². The highest BCUT2D eigenvalue weighted by molar-refractivity contribution is 7.90. The third-order valence-corrected chi connectivity index (χ3v) is 4.04. The van der Waals surface area contributed by atoms with Crippen molar-refractivity contribution >= 4 is 15.5 Å². The maximum absolute atomic E-state index is 13.2. The Morgan fingerprint density at radius 1 is 1.22 bits per heavy atom. The maximum atomic E-state index is 13.2. The van der Waals surface area contributed by atoms with Gasteiger partial charge in [-0.05, 0) is 30.3 Å². The minimum absolute atomic E-state index is 0.0770. The smallest absolute Gasteiger partial charge is 0.184 e. The van der Waals surface area contributed by atoms with Crippen LogP contribution in [0.15, 0.2) is 47.5 Å². The summed E-state index contributed by atoms with van der Waals surface area (Å²) in [6.45, 7) is 0. The number of benzene rings is 1. The molecule has 2 rings (SSSR count). The Bertz CT molecular complexity index is 657. The molecule has 94 valence electrons. The summed E-state index contributed by atoms with van der Waals surface area (Å²) in [4.78, 5) is 3.83. The average Bonchev–Trinajstić information content (AvgIpc) is 2.33. The van der Waals surface area contributed by atoms with E-state index in [2.05, 4.69) is 4.98 Å². The lowest BCUT2D eigenvalue weighted by Crippen LogP contribution is -2.07. The second kappa shape index (κ2) is 4.73. The lowest BCUT2D eigenvalue weighted by molar-refractivity contribution is 0.590. The molecule has 6 heteroatoms. The zero-order chi connectivity index (χ0) is 13.2. The molecule has 1 aromatic carbocycles. The Balaban J connectivity index is 2.34. The van der Waals surface area contributed by atoms with Gasteiger partial charge in [-0.3, -0.25) is 4.98 Å². The van der Waals surface area contributed by atoms with Crippen LogP contribution in [-0.4, -0.2) is 13.4 Å². The van der Waals surface area contributed by atoms with Gasteiger partial charge < -0.3 is 5.73 Å². The van der Waals surface area contributed by atoms with E-state index in [0.717, 1.165) is 6.07 Å². The van der Waals surface area contributed by atoms with Crippen molar-refractivity contribution in [3.63, 3.8) is 0 Å². The van der Waals surface area contributed by atoms with Crippen LogP contribution < -0.4 is 5.73 Å². The van der Waals surface area contributed by atoms with Crippen molar-refractivity contribution in [1.29, 1.82) is 0 Å². The maximum Gasteiger partial charge on any atom is 0.184 e. The monoisotopic (exact) mass is 266 g/mol. The van der Waals surface area contributed by atoms with Crippen LogP contribution in [-0.2, 0) is 15.6 Å². The third kappa shape index (κ3) is 2.65. The average molecular weight is 266 g/mol. The highest BCUT2D eigenvalue weighted by atomic mass is 32.2. The summed E-state index contributed by atoms with van der Waals surface area (Å²) in [5, 5.41) is 0. The number of pyridine rings is 1. The zero-order valence-corrected chi connectivity index (χ0v) is 10.2. The van der Waals surface area contributed by atoms with E-state index < -0.39 is 15.7 Å². The molecule has 0 aliphatic rings. The van der Waals surface area contributed by atoms with E-state index in [4.69, 9.17) is 5.73 Å². The fourth-order valence-electron chi connectivity index (χ4n) is 1.46. The van der Waals surface area contributed by atoms with Crippen molar-refractivity contribution in [3.8, 4) is 0 Å². The number of halogens is 1. The van der Waals surface area contributed by atoms with Gasteiger partial charge in [0.2, 0.25) is 0 Å². The van der Waals surface area contributed by atoms with E-state index in [0.29, 0.717) is 5.69 Å². The molecule has 18 heavy (non-hydrogen) atoms. The summed E-state index contributed by atoms with van der Waals surface area (Å²) in [6.07, 6.45) is 1.51. The molecule has 2 aromatic rings. The van der Waals surface area contributed by atoms with Crippen LogP contribution in [0.25, 0.3) is 0 Å². The van der Waals surface area contributed by atoms with Gasteiger partial charge in [-0.15, -0.1) is 0 Å². The van der Waals surface area contributed by atoms with E-state index in [1.807, 2.05) is 0 Å². The molecule has 0 bridgehead atoms. The van der Waals surface area contributed by atoms with Gasteiger partial charge in [-0.25, -0.2) is 12.8 Å². The number of hydrogen-bond donors (Lipinski definition) is 1. The quantitative estimate of drug-likeness (QED) is 0.859. The normalized spacial score (nSPS) is 11.4. The van der Waals surface area contributed by atoms with Gasteiger partial charge in [0.1, 0.15) is 5.82 Å². The highest BCUT2D eigenvalue weighted by Crippen LogP contribution is 2.19. The number of nitrogen functional groups attached to an aromatic ring is 1. The van der Waals surface area contributed by atoms with Gasteiger partial charge in [0.15, 0.2) is 9.84 Å². The van der Waals surface area contributed by atoms with Gasteiger partial charge >= 0.3 is 0 Å². The van der Waals surface area contributed by atoms with Crippen molar-refractivity contribution in [1.82, 2.24) is 4.98 Å². The number of sulfone groups is 1. The predicted molar refractivity (Wildman–Crippen MR) is 65.9 cm³/mol. The molecule has 0 aliphatic carbocycles. The van der Waals surface area contributed by atoms with Gasteiger partial charge in [-0.1, -0.05) is 6.07 Å². The first-order chi connectivity index (χ1) is 8.49. The minimum atomic E-state index is -3.61. The molecule has 0 radical (unpaired) electrons. The molecule has 0 unspecified atom stereocenters. The molecule has 1 aromatic heterocycles. The molecular formula is C12H11FN2O2S. The predicted octanol–water partition coefficient (Wildman–Crippen LogP) is 1.78. The Labute approximate surface area is 104 Å². The summed E-state index contributed by atoms with van der Waals surface area (Å²) < 4.78 is 37.3. The third-order valence-electron chi connectivity index (χ3n) is 2.40.